The van der Waals surface area contributed by atoms with Crippen LogP contribution in [0.1, 0.15) is 76.8 Å². The van der Waals surface area contributed by atoms with E-state index >= 15 is 0 Å². The molecule has 1 saturated heterocycles. The molecule has 5 aromatic carbocycles. The lowest BCUT2D eigenvalue weighted by Crippen LogP contribution is -2.47. The Morgan fingerprint density at radius 1 is 0.792 bits per heavy atom. The molecule has 1 aliphatic carbocycles. The second-order valence-corrected chi connectivity index (χ2v) is 14.2. The lowest BCUT2D eigenvalue weighted by atomic mass is 9.94. The van der Waals surface area contributed by atoms with Crippen molar-refractivity contribution < 1.29 is 19.2 Å². The number of anilines is 2. The molecule has 53 heavy (non-hydrogen) atoms. The molecular weight excluding hydrogens is 684 g/mol. The average Bonchev–Trinajstić information content (AvgIpc) is 3.43. The third kappa shape index (κ3) is 7.74. The first-order valence-corrected chi connectivity index (χ1v) is 18.5. The molecule has 1 saturated carbocycles. The number of hydrogen-bond acceptors (Lipinski definition) is 4. The summed E-state index contributed by atoms with van der Waals surface area (Å²) in [5.41, 5.74) is 4.29. The summed E-state index contributed by atoms with van der Waals surface area (Å²) in [6.07, 6.45) is 4.94. The first-order valence-electron chi connectivity index (χ1n) is 18.1. The van der Waals surface area contributed by atoms with Gasteiger partial charge in [0.1, 0.15) is 12.1 Å². The van der Waals surface area contributed by atoms with Crippen LogP contribution in [0, 0.1) is 6.92 Å². The van der Waals surface area contributed by atoms with Gasteiger partial charge in [0, 0.05) is 28.0 Å². The highest BCUT2D eigenvalue weighted by Gasteiger charge is 2.47. The van der Waals surface area contributed by atoms with E-state index in [-0.39, 0.29) is 24.4 Å². The summed E-state index contributed by atoms with van der Waals surface area (Å²) in [6.45, 7) is 2.07. The predicted octanol–water partition coefficient (Wildman–Crippen LogP) is 9.20. The van der Waals surface area contributed by atoms with Crippen LogP contribution >= 0.6 is 11.6 Å². The van der Waals surface area contributed by atoms with Crippen molar-refractivity contribution in [3.05, 3.63) is 166 Å². The Kier molecular flexibility index (Phi) is 10.7. The fourth-order valence-electron chi connectivity index (χ4n) is 7.30. The second-order valence-electron chi connectivity index (χ2n) is 13.7. The van der Waals surface area contributed by atoms with Crippen LogP contribution in [0.25, 0.3) is 0 Å². The monoisotopic (exact) mass is 724 g/mol. The average molecular weight is 725 g/mol. The van der Waals surface area contributed by atoms with E-state index in [2.05, 4.69) is 5.32 Å². The van der Waals surface area contributed by atoms with Gasteiger partial charge in [-0.05, 0) is 85.0 Å². The van der Waals surface area contributed by atoms with Crippen molar-refractivity contribution in [2.75, 3.05) is 9.80 Å². The molecule has 7 rings (SSSR count). The third-order valence-corrected chi connectivity index (χ3v) is 10.3. The van der Waals surface area contributed by atoms with Gasteiger partial charge in [0.25, 0.3) is 11.8 Å². The maximum atomic E-state index is 14.8. The molecule has 1 heterocycles. The van der Waals surface area contributed by atoms with Crippen LogP contribution < -0.4 is 15.1 Å². The number of nitrogens with one attached hydrogen (secondary N) is 1. The molecular formula is C44H41ClN4O4. The molecule has 2 unspecified atom stereocenters. The molecule has 2 aliphatic rings. The number of benzene rings is 5. The zero-order valence-corrected chi connectivity index (χ0v) is 30.3. The standard InChI is InChI=1S/C44H41ClN4O4/c1-30-20-26-37(27-21-30)49-40(43(52)47(44(49)53)29-31-12-5-2-6-13-31)34-16-11-19-38(28-34)48(42(51)33-22-24-35(45)25-23-33)39(32-14-7-3-8-15-32)41(50)46-36-17-9-4-10-18-36/h2-3,5-8,11-16,19-28,36,39-40H,4,9-10,17-18,29H2,1H3,(H,46,50). The number of imide groups is 1. The summed E-state index contributed by atoms with van der Waals surface area (Å²) in [7, 11) is 0. The Balaban J connectivity index is 1.34. The van der Waals surface area contributed by atoms with Gasteiger partial charge < -0.3 is 5.32 Å². The first kappa shape index (κ1) is 35.7. The Morgan fingerprint density at radius 3 is 2.13 bits per heavy atom. The molecule has 1 N–H and O–H groups in total. The summed E-state index contributed by atoms with van der Waals surface area (Å²) in [4.78, 5) is 62.2. The minimum absolute atomic E-state index is 0.00191. The minimum atomic E-state index is -1.04. The van der Waals surface area contributed by atoms with E-state index in [0.29, 0.717) is 33.1 Å². The van der Waals surface area contributed by atoms with Gasteiger partial charge in [-0.3, -0.25) is 29.1 Å². The molecule has 0 bridgehead atoms. The topological polar surface area (TPSA) is 90.0 Å². The van der Waals surface area contributed by atoms with Gasteiger partial charge in [0.15, 0.2) is 0 Å². The van der Waals surface area contributed by atoms with Crippen LogP contribution in [0.3, 0.4) is 0 Å². The summed E-state index contributed by atoms with van der Waals surface area (Å²) in [6, 6.07) is 37.3. The molecule has 2 atom stereocenters. The fourth-order valence-corrected chi connectivity index (χ4v) is 7.43. The number of rotatable bonds is 10. The smallest absolute Gasteiger partial charge is 0.332 e. The van der Waals surface area contributed by atoms with E-state index < -0.39 is 24.0 Å². The molecule has 0 radical (unpaired) electrons. The molecule has 9 heteroatoms. The third-order valence-electron chi connectivity index (χ3n) is 10.0. The van der Waals surface area contributed by atoms with Crippen LogP contribution in [0.15, 0.2) is 133 Å². The molecule has 2 fully saturated rings. The maximum Gasteiger partial charge on any atom is 0.332 e. The normalized spacial score (nSPS) is 16.8. The van der Waals surface area contributed by atoms with Crippen LogP contribution in [-0.4, -0.2) is 34.7 Å². The second kappa shape index (κ2) is 15.9. The van der Waals surface area contributed by atoms with Crippen LogP contribution in [-0.2, 0) is 16.1 Å². The van der Waals surface area contributed by atoms with E-state index in [1.807, 2.05) is 91.9 Å². The van der Waals surface area contributed by atoms with E-state index in [1.54, 1.807) is 48.5 Å². The number of halogens is 1. The minimum Gasteiger partial charge on any atom is -0.351 e. The van der Waals surface area contributed by atoms with E-state index in [4.69, 9.17) is 11.6 Å². The quantitative estimate of drug-likeness (QED) is 0.146. The lowest BCUT2D eigenvalue weighted by molar-refractivity contribution is -0.127. The lowest BCUT2D eigenvalue weighted by Gasteiger charge is -2.34. The molecule has 5 aromatic rings. The molecule has 5 amide bonds. The number of nitrogens with zero attached hydrogens (tertiary/aromatic N) is 3. The largest absolute Gasteiger partial charge is 0.351 e. The molecule has 1 aliphatic heterocycles. The van der Waals surface area contributed by atoms with Gasteiger partial charge in [-0.2, -0.15) is 0 Å². The number of aryl methyl sites for hydroxylation is 1. The van der Waals surface area contributed by atoms with Crippen molar-refractivity contribution in [3.8, 4) is 0 Å². The van der Waals surface area contributed by atoms with Crippen LogP contribution in [0.4, 0.5) is 16.2 Å². The molecule has 0 spiro atoms. The van der Waals surface area contributed by atoms with Crippen molar-refractivity contribution in [1.82, 2.24) is 10.2 Å². The highest BCUT2D eigenvalue weighted by Crippen LogP contribution is 2.39. The summed E-state index contributed by atoms with van der Waals surface area (Å²) in [5, 5.41) is 3.74. The van der Waals surface area contributed by atoms with Gasteiger partial charge >= 0.3 is 6.03 Å². The number of carbonyl (C=O) groups is 4. The number of amides is 5. The van der Waals surface area contributed by atoms with Crippen molar-refractivity contribution in [3.63, 3.8) is 0 Å². The van der Waals surface area contributed by atoms with Crippen molar-refractivity contribution in [1.29, 1.82) is 0 Å². The number of hydrogen-bond donors (Lipinski definition) is 1. The van der Waals surface area contributed by atoms with E-state index in [1.165, 1.54) is 14.7 Å². The Morgan fingerprint density at radius 2 is 1.45 bits per heavy atom. The van der Waals surface area contributed by atoms with E-state index in [0.717, 1.165) is 43.2 Å². The maximum absolute atomic E-state index is 14.8. The van der Waals surface area contributed by atoms with Gasteiger partial charge in [-0.25, -0.2) is 4.79 Å². The molecule has 268 valence electrons. The Labute approximate surface area is 315 Å². The highest BCUT2D eigenvalue weighted by molar-refractivity contribution is 6.30. The van der Waals surface area contributed by atoms with Gasteiger partial charge in [-0.15, -0.1) is 0 Å². The van der Waals surface area contributed by atoms with Gasteiger partial charge in [0.05, 0.1) is 6.54 Å². The highest BCUT2D eigenvalue weighted by atomic mass is 35.5. The van der Waals surface area contributed by atoms with Crippen LogP contribution in [0.5, 0.6) is 0 Å². The van der Waals surface area contributed by atoms with Crippen LogP contribution in [0.2, 0.25) is 5.02 Å². The Bertz CT molecular complexity index is 2080. The number of carbonyl (C=O) groups excluding carboxylic acids is 4. The number of urea groups is 1. The first-order chi connectivity index (χ1) is 25.8. The summed E-state index contributed by atoms with van der Waals surface area (Å²) < 4.78 is 0. The van der Waals surface area contributed by atoms with Crippen molar-refractivity contribution in [2.45, 2.75) is 63.7 Å². The molecule has 0 aromatic heterocycles. The van der Waals surface area contributed by atoms with Crippen molar-refractivity contribution in [2.24, 2.45) is 0 Å². The van der Waals surface area contributed by atoms with Gasteiger partial charge in [0.2, 0.25) is 5.91 Å². The SMILES string of the molecule is Cc1ccc(N2C(=O)N(Cc3ccccc3)C(=O)C2c2cccc(N(C(=O)c3ccc(Cl)cc3)C(C(=O)NC3CCCCC3)c3ccccc3)c2)cc1. The van der Waals surface area contributed by atoms with Crippen molar-refractivity contribution >= 4 is 46.7 Å². The zero-order chi connectivity index (χ0) is 36.9. The summed E-state index contributed by atoms with van der Waals surface area (Å²) >= 11 is 6.23. The zero-order valence-electron chi connectivity index (χ0n) is 29.5. The fraction of sp³-hybridized carbons (Fsp3) is 0.227. The predicted molar refractivity (Wildman–Crippen MR) is 208 cm³/mol. The Hall–Kier alpha value is -5.73. The van der Waals surface area contributed by atoms with E-state index in [9.17, 15) is 19.2 Å². The summed E-state index contributed by atoms with van der Waals surface area (Å²) in [5.74, 6) is -1.10. The molecule has 8 nitrogen and oxygen atoms in total. The van der Waals surface area contributed by atoms with Gasteiger partial charge in [-0.1, -0.05) is 121 Å².